The first-order valence-corrected chi connectivity index (χ1v) is 6.81. The van der Waals surface area contributed by atoms with E-state index in [4.69, 9.17) is 10.7 Å². The lowest BCUT2D eigenvalue weighted by molar-refractivity contribution is 0.511. The van der Waals surface area contributed by atoms with Gasteiger partial charge in [-0.2, -0.15) is 0 Å². The van der Waals surface area contributed by atoms with E-state index in [1.807, 2.05) is 6.07 Å². The van der Waals surface area contributed by atoms with Crippen LogP contribution >= 0.6 is 0 Å². The van der Waals surface area contributed by atoms with E-state index in [0.717, 1.165) is 24.5 Å². The Labute approximate surface area is 115 Å². The maximum atomic E-state index is 5.63. The highest BCUT2D eigenvalue weighted by atomic mass is 15.1. The van der Waals surface area contributed by atoms with Crippen LogP contribution in [0.4, 0.5) is 0 Å². The van der Waals surface area contributed by atoms with Crippen LogP contribution in [-0.4, -0.2) is 16.1 Å². The highest BCUT2D eigenvalue weighted by Crippen LogP contribution is 2.22. The van der Waals surface area contributed by atoms with Crippen molar-refractivity contribution in [2.75, 3.05) is 6.54 Å². The highest BCUT2D eigenvalue weighted by Gasteiger charge is 2.21. The molecule has 1 heterocycles. The number of nitrogens with zero attached hydrogens (tertiary/aromatic N) is 2. The van der Waals surface area contributed by atoms with E-state index in [-0.39, 0.29) is 5.41 Å². The molecule has 0 saturated heterocycles. The molecule has 19 heavy (non-hydrogen) atoms. The lowest BCUT2D eigenvalue weighted by Gasteiger charge is -2.19. The van der Waals surface area contributed by atoms with Crippen LogP contribution in [0.25, 0.3) is 0 Å². The molecule has 0 amide bonds. The fourth-order valence-electron chi connectivity index (χ4n) is 2.24. The molecule has 0 aliphatic rings. The van der Waals surface area contributed by atoms with Gasteiger partial charge in [-0.1, -0.05) is 51.1 Å². The first kappa shape index (κ1) is 13.8. The summed E-state index contributed by atoms with van der Waals surface area (Å²) < 4.78 is 2.25. The summed E-state index contributed by atoms with van der Waals surface area (Å²) in [6.07, 6.45) is 2.98. The van der Waals surface area contributed by atoms with Crippen molar-refractivity contribution in [3.63, 3.8) is 0 Å². The molecule has 3 heteroatoms. The van der Waals surface area contributed by atoms with Gasteiger partial charge in [0.15, 0.2) is 0 Å². The molecule has 2 rings (SSSR count). The van der Waals surface area contributed by atoms with Crippen LogP contribution in [0.3, 0.4) is 0 Å². The molecule has 2 N–H and O–H groups in total. The fourth-order valence-corrected chi connectivity index (χ4v) is 2.24. The van der Waals surface area contributed by atoms with Gasteiger partial charge < -0.3 is 10.3 Å². The van der Waals surface area contributed by atoms with Gasteiger partial charge >= 0.3 is 0 Å². The molecule has 3 nitrogen and oxygen atoms in total. The molecule has 0 aliphatic heterocycles. The molecule has 0 radical (unpaired) electrons. The molecule has 0 aliphatic carbocycles. The summed E-state index contributed by atoms with van der Waals surface area (Å²) in [5, 5.41) is 0. The molecule has 1 aromatic carbocycles. The van der Waals surface area contributed by atoms with Crippen molar-refractivity contribution in [2.45, 2.75) is 39.2 Å². The van der Waals surface area contributed by atoms with Crippen LogP contribution in [0.2, 0.25) is 0 Å². The quantitative estimate of drug-likeness (QED) is 0.915. The zero-order valence-electron chi connectivity index (χ0n) is 12.1. The predicted octanol–water partition coefficient (Wildman–Crippen LogP) is 2.73. The van der Waals surface area contributed by atoms with Crippen LogP contribution in [0.15, 0.2) is 36.5 Å². The molecule has 1 aromatic heterocycles. The van der Waals surface area contributed by atoms with Gasteiger partial charge in [0.05, 0.1) is 5.69 Å². The van der Waals surface area contributed by atoms with Gasteiger partial charge in [-0.25, -0.2) is 4.98 Å². The Morgan fingerprint density at radius 1 is 1.16 bits per heavy atom. The summed E-state index contributed by atoms with van der Waals surface area (Å²) in [5.74, 6) is 1.12. The van der Waals surface area contributed by atoms with Crippen LogP contribution in [-0.2, 0) is 18.4 Å². The average Bonchev–Trinajstić information content (AvgIpc) is 2.74. The third-order valence-corrected chi connectivity index (χ3v) is 3.09. The predicted molar refractivity (Wildman–Crippen MR) is 79.2 cm³/mol. The topological polar surface area (TPSA) is 43.8 Å². The van der Waals surface area contributed by atoms with Gasteiger partial charge in [0, 0.05) is 24.6 Å². The number of aromatic nitrogens is 2. The van der Waals surface area contributed by atoms with Crippen molar-refractivity contribution < 1.29 is 0 Å². The standard InChI is InChI=1S/C16H23N3/c1-16(2,3)15-18-14(9-10-17)12-19(15)11-13-7-5-4-6-8-13/h4-8,12H,9-11,17H2,1-3H3. The van der Waals surface area contributed by atoms with E-state index in [1.165, 1.54) is 5.56 Å². The van der Waals surface area contributed by atoms with Crippen LogP contribution < -0.4 is 5.73 Å². The lowest BCUT2D eigenvalue weighted by Crippen LogP contribution is -2.19. The van der Waals surface area contributed by atoms with Crippen LogP contribution in [0.1, 0.15) is 37.9 Å². The minimum Gasteiger partial charge on any atom is -0.330 e. The van der Waals surface area contributed by atoms with E-state index in [1.54, 1.807) is 0 Å². The minimum atomic E-state index is 0.0433. The number of rotatable bonds is 4. The molecule has 0 bridgehead atoms. The summed E-state index contributed by atoms with van der Waals surface area (Å²) >= 11 is 0. The summed E-state index contributed by atoms with van der Waals surface area (Å²) in [5.41, 5.74) is 8.06. The molecule has 102 valence electrons. The Hall–Kier alpha value is -1.61. The second-order valence-corrected chi connectivity index (χ2v) is 5.96. The number of hydrogen-bond donors (Lipinski definition) is 1. The molecular weight excluding hydrogens is 234 g/mol. The van der Waals surface area contributed by atoms with E-state index >= 15 is 0 Å². The summed E-state index contributed by atoms with van der Waals surface area (Å²) in [6.45, 7) is 8.10. The van der Waals surface area contributed by atoms with Crippen molar-refractivity contribution in [3.8, 4) is 0 Å². The SMILES string of the molecule is CC(C)(C)c1nc(CCN)cn1Cc1ccccc1. The van der Waals surface area contributed by atoms with Gasteiger partial charge in [0.1, 0.15) is 5.82 Å². The van der Waals surface area contributed by atoms with E-state index < -0.39 is 0 Å². The van der Waals surface area contributed by atoms with Gasteiger partial charge in [0.2, 0.25) is 0 Å². The van der Waals surface area contributed by atoms with Crippen molar-refractivity contribution in [1.82, 2.24) is 9.55 Å². The molecule has 0 atom stereocenters. The summed E-state index contributed by atoms with van der Waals surface area (Å²) in [7, 11) is 0. The Bertz CT molecular complexity index is 521. The second kappa shape index (κ2) is 5.57. The Balaban J connectivity index is 2.32. The third-order valence-electron chi connectivity index (χ3n) is 3.09. The van der Waals surface area contributed by atoms with Gasteiger partial charge in [-0.15, -0.1) is 0 Å². The molecular formula is C16H23N3. The van der Waals surface area contributed by atoms with Crippen LogP contribution in [0.5, 0.6) is 0 Å². The van der Waals surface area contributed by atoms with Gasteiger partial charge in [-0.3, -0.25) is 0 Å². The molecule has 0 fully saturated rings. The Morgan fingerprint density at radius 3 is 2.42 bits per heavy atom. The maximum Gasteiger partial charge on any atom is 0.114 e. The van der Waals surface area contributed by atoms with Crippen LogP contribution in [0, 0.1) is 0 Å². The molecule has 0 saturated carbocycles. The smallest absolute Gasteiger partial charge is 0.114 e. The van der Waals surface area contributed by atoms with Gasteiger partial charge in [-0.05, 0) is 12.1 Å². The molecule has 2 aromatic rings. The second-order valence-electron chi connectivity index (χ2n) is 5.96. The lowest BCUT2D eigenvalue weighted by atomic mass is 9.95. The zero-order valence-corrected chi connectivity index (χ0v) is 12.1. The van der Waals surface area contributed by atoms with Crippen molar-refractivity contribution in [2.24, 2.45) is 5.73 Å². The zero-order chi connectivity index (χ0) is 13.9. The van der Waals surface area contributed by atoms with Crippen molar-refractivity contribution in [3.05, 3.63) is 53.6 Å². The van der Waals surface area contributed by atoms with E-state index in [0.29, 0.717) is 6.54 Å². The molecule has 0 spiro atoms. The van der Waals surface area contributed by atoms with E-state index in [9.17, 15) is 0 Å². The van der Waals surface area contributed by atoms with Gasteiger partial charge in [0.25, 0.3) is 0 Å². The fraction of sp³-hybridized carbons (Fsp3) is 0.438. The first-order chi connectivity index (χ1) is 9.00. The normalized spacial score (nSPS) is 11.8. The number of hydrogen-bond acceptors (Lipinski definition) is 2. The van der Waals surface area contributed by atoms with E-state index in [2.05, 4.69) is 55.8 Å². The number of nitrogens with two attached hydrogens (primary N) is 1. The Morgan fingerprint density at radius 2 is 1.84 bits per heavy atom. The third kappa shape index (κ3) is 3.44. The van der Waals surface area contributed by atoms with Crippen molar-refractivity contribution >= 4 is 0 Å². The van der Waals surface area contributed by atoms with Crippen molar-refractivity contribution in [1.29, 1.82) is 0 Å². The average molecular weight is 257 g/mol. The summed E-state index contributed by atoms with van der Waals surface area (Å²) in [6, 6.07) is 10.5. The number of benzene rings is 1. The molecule has 0 unspecified atom stereocenters. The number of imidazole rings is 1. The monoisotopic (exact) mass is 257 g/mol. The summed E-state index contributed by atoms with van der Waals surface area (Å²) in [4.78, 5) is 4.75. The highest BCUT2D eigenvalue weighted by molar-refractivity contribution is 5.19. The minimum absolute atomic E-state index is 0.0433. The first-order valence-electron chi connectivity index (χ1n) is 6.81. The largest absolute Gasteiger partial charge is 0.330 e. The Kier molecular flexibility index (Phi) is 4.05. The maximum absolute atomic E-state index is 5.63.